The highest BCUT2D eigenvalue weighted by Crippen LogP contribution is 2.31. The Morgan fingerprint density at radius 2 is 1.88 bits per heavy atom. The Kier molecular flexibility index (Phi) is 5.58. The first kappa shape index (κ1) is 18.1. The first-order chi connectivity index (χ1) is 12.0. The van der Waals surface area contributed by atoms with Crippen LogP contribution in [0.2, 0.25) is 0 Å². The largest absolute Gasteiger partial charge is 0.448 e. The van der Waals surface area contributed by atoms with Crippen LogP contribution in [0.4, 0.5) is 9.18 Å². The molecule has 2 heterocycles. The molecule has 2 aliphatic heterocycles. The highest BCUT2D eigenvalue weighted by Gasteiger charge is 2.33. The average molecular weight is 370 g/mol. The summed E-state index contributed by atoms with van der Waals surface area (Å²) in [5.74, 6) is -0.302. The third kappa shape index (κ3) is 4.49. The van der Waals surface area contributed by atoms with Crippen molar-refractivity contribution in [3.05, 3.63) is 30.1 Å². The highest BCUT2D eigenvalue weighted by atomic mass is 32.2. The molecule has 0 saturated carbocycles. The topological polar surface area (TPSA) is 75.7 Å². The van der Waals surface area contributed by atoms with Gasteiger partial charge in [0.2, 0.25) is 0 Å². The molecule has 1 aromatic rings. The summed E-state index contributed by atoms with van der Waals surface area (Å²) in [5.41, 5.74) is 0. The summed E-state index contributed by atoms with van der Waals surface area (Å²) >= 11 is 0. The average Bonchev–Trinajstić information content (AvgIpc) is 2.60. The smallest absolute Gasteiger partial charge is 0.421 e. The summed E-state index contributed by atoms with van der Waals surface area (Å²) in [6, 6.07) is 4.68. The van der Waals surface area contributed by atoms with E-state index in [2.05, 4.69) is 4.90 Å². The second kappa shape index (κ2) is 7.70. The Morgan fingerprint density at radius 1 is 1.16 bits per heavy atom. The number of nitrogens with one attached hydrogen (secondary N) is 1. The number of rotatable bonds is 4. The zero-order chi connectivity index (χ0) is 17.9. The van der Waals surface area contributed by atoms with Gasteiger partial charge >= 0.3 is 6.09 Å². The van der Waals surface area contributed by atoms with Crippen molar-refractivity contribution >= 4 is 16.1 Å². The van der Waals surface area contributed by atoms with E-state index in [1.807, 2.05) is 4.72 Å². The molecule has 1 aromatic carbocycles. The van der Waals surface area contributed by atoms with Gasteiger partial charge in [-0.1, -0.05) is 6.42 Å². The number of piperidine rings is 2. The SMILES string of the molecule is O=C(NS(=O)(=O)c1ccc(F)cc1)OC[C@@H]1CCCN2CCCCC12. The molecule has 138 valence electrons. The number of sulfonamides is 1. The second-order valence-corrected chi connectivity index (χ2v) is 8.34. The first-order valence-electron chi connectivity index (χ1n) is 8.65. The Bertz CT molecular complexity index is 706. The quantitative estimate of drug-likeness (QED) is 0.881. The molecular weight excluding hydrogens is 347 g/mol. The molecule has 0 radical (unpaired) electrons. The molecule has 2 aliphatic rings. The molecule has 1 amide bonds. The summed E-state index contributed by atoms with van der Waals surface area (Å²) in [6.07, 6.45) is 4.56. The summed E-state index contributed by atoms with van der Waals surface area (Å²) in [7, 11) is -4.05. The number of amides is 1. The van der Waals surface area contributed by atoms with Crippen LogP contribution in [0.5, 0.6) is 0 Å². The lowest BCUT2D eigenvalue weighted by Gasteiger charge is -2.44. The minimum Gasteiger partial charge on any atom is -0.448 e. The molecule has 0 aromatic heterocycles. The fourth-order valence-electron chi connectivity index (χ4n) is 3.77. The van der Waals surface area contributed by atoms with Crippen LogP contribution < -0.4 is 4.72 Å². The van der Waals surface area contributed by atoms with Crippen molar-refractivity contribution in [1.82, 2.24) is 9.62 Å². The van der Waals surface area contributed by atoms with Crippen LogP contribution in [0, 0.1) is 11.7 Å². The van der Waals surface area contributed by atoms with E-state index in [4.69, 9.17) is 4.74 Å². The summed E-state index contributed by atoms with van der Waals surface area (Å²) in [4.78, 5) is 14.2. The summed E-state index contributed by atoms with van der Waals surface area (Å²) < 4.78 is 44.1. The minimum absolute atomic E-state index is 0.179. The number of hydrogen-bond donors (Lipinski definition) is 1. The lowest BCUT2D eigenvalue weighted by atomic mass is 9.84. The normalized spacial score (nSPS) is 24.4. The van der Waals surface area contributed by atoms with E-state index < -0.39 is 21.9 Å². The molecule has 0 spiro atoms. The predicted octanol–water partition coefficient (Wildman–Crippen LogP) is 2.51. The number of fused-ring (bicyclic) bond motifs is 1. The number of carbonyl (C=O) groups excluding carboxylic acids is 1. The van der Waals surface area contributed by atoms with Crippen LogP contribution in [0.3, 0.4) is 0 Å². The van der Waals surface area contributed by atoms with Gasteiger partial charge in [0.05, 0.1) is 11.5 Å². The van der Waals surface area contributed by atoms with Crippen molar-refractivity contribution in [2.45, 2.75) is 43.0 Å². The van der Waals surface area contributed by atoms with E-state index in [-0.39, 0.29) is 17.4 Å². The van der Waals surface area contributed by atoms with E-state index in [1.54, 1.807) is 0 Å². The number of benzene rings is 1. The predicted molar refractivity (Wildman–Crippen MR) is 90.0 cm³/mol. The molecule has 0 bridgehead atoms. The van der Waals surface area contributed by atoms with Gasteiger partial charge in [0.25, 0.3) is 10.0 Å². The van der Waals surface area contributed by atoms with Crippen molar-refractivity contribution in [3.63, 3.8) is 0 Å². The van der Waals surface area contributed by atoms with Gasteiger partial charge in [-0.05, 0) is 63.0 Å². The van der Waals surface area contributed by atoms with E-state index in [0.29, 0.717) is 6.04 Å². The van der Waals surface area contributed by atoms with Gasteiger partial charge in [-0.25, -0.2) is 22.3 Å². The van der Waals surface area contributed by atoms with Gasteiger partial charge in [0, 0.05) is 12.0 Å². The molecule has 0 aliphatic carbocycles. The molecule has 1 N–H and O–H groups in total. The molecule has 1 unspecified atom stereocenters. The van der Waals surface area contributed by atoms with Crippen molar-refractivity contribution in [2.24, 2.45) is 5.92 Å². The van der Waals surface area contributed by atoms with E-state index >= 15 is 0 Å². The van der Waals surface area contributed by atoms with Crippen LogP contribution in [-0.4, -0.2) is 45.1 Å². The van der Waals surface area contributed by atoms with Crippen molar-refractivity contribution < 1.29 is 22.3 Å². The Balaban J connectivity index is 1.54. The standard InChI is InChI=1S/C17H23FN2O4S/c18-14-6-8-15(9-7-14)25(22,23)19-17(21)24-12-13-4-3-11-20-10-2-1-5-16(13)20/h6-9,13,16H,1-5,10-12H2,(H,19,21)/t13-,16?/m0/s1. The monoisotopic (exact) mass is 370 g/mol. The molecule has 3 rings (SSSR count). The van der Waals surface area contributed by atoms with Crippen molar-refractivity contribution in [3.8, 4) is 0 Å². The fourth-order valence-corrected chi connectivity index (χ4v) is 4.66. The summed E-state index contributed by atoms with van der Waals surface area (Å²) in [5, 5.41) is 0. The third-order valence-electron chi connectivity index (χ3n) is 5.00. The van der Waals surface area contributed by atoms with Crippen LogP contribution in [-0.2, 0) is 14.8 Å². The minimum atomic E-state index is -4.05. The van der Waals surface area contributed by atoms with E-state index in [1.165, 1.54) is 12.8 Å². The van der Waals surface area contributed by atoms with Gasteiger partial charge < -0.3 is 4.74 Å². The lowest BCUT2D eigenvalue weighted by Crippen LogP contribution is -2.49. The molecule has 2 fully saturated rings. The van der Waals surface area contributed by atoms with E-state index in [9.17, 15) is 17.6 Å². The molecular formula is C17H23FN2O4S. The second-order valence-electron chi connectivity index (χ2n) is 6.66. The first-order valence-corrected chi connectivity index (χ1v) is 10.1. The van der Waals surface area contributed by atoms with Crippen LogP contribution in [0.25, 0.3) is 0 Å². The van der Waals surface area contributed by atoms with Crippen LogP contribution in [0.15, 0.2) is 29.2 Å². The highest BCUT2D eigenvalue weighted by molar-refractivity contribution is 7.90. The number of nitrogens with zero attached hydrogens (tertiary/aromatic N) is 1. The Hall–Kier alpha value is -1.67. The van der Waals surface area contributed by atoms with Crippen LogP contribution in [0.1, 0.15) is 32.1 Å². The van der Waals surface area contributed by atoms with Gasteiger partial charge in [0.15, 0.2) is 0 Å². The third-order valence-corrected chi connectivity index (χ3v) is 6.33. The van der Waals surface area contributed by atoms with Gasteiger partial charge in [-0.15, -0.1) is 0 Å². The lowest BCUT2D eigenvalue weighted by molar-refractivity contribution is 0.0245. The number of hydrogen-bond acceptors (Lipinski definition) is 5. The molecule has 2 saturated heterocycles. The maximum absolute atomic E-state index is 12.9. The fraction of sp³-hybridized carbons (Fsp3) is 0.588. The number of halogens is 1. The number of ether oxygens (including phenoxy) is 1. The number of carbonyl (C=O) groups is 1. The van der Waals surface area contributed by atoms with E-state index in [0.717, 1.165) is 56.6 Å². The zero-order valence-electron chi connectivity index (χ0n) is 14.0. The Morgan fingerprint density at radius 3 is 2.64 bits per heavy atom. The molecule has 25 heavy (non-hydrogen) atoms. The van der Waals surface area contributed by atoms with Gasteiger partial charge in [-0.2, -0.15) is 0 Å². The van der Waals surface area contributed by atoms with Gasteiger partial charge in [0.1, 0.15) is 5.82 Å². The van der Waals surface area contributed by atoms with Crippen molar-refractivity contribution in [1.29, 1.82) is 0 Å². The molecule has 2 atom stereocenters. The Labute approximate surface area is 147 Å². The van der Waals surface area contributed by atoms with Crippen LogP contribution >= 0.6 is 0 Å². The zero-order valence-corrected chi connectivity index (χ0v) is 14.8. The van der Waals surface area contributed by atoms with Crippen molar-refractivity contribution in [2.75, 3.05) is 19.7 Å². The summed E-state index contributed by atoms with van der Waals surface area (Å²) in [6.45, 7) is 2.39. The molecule has 6 nitrogen and oxygen atoms in total. The molecule has 8 heteroatoms. The van der Waals surface area contributed by atoms with Gasteiger partial charge in [-0.3, -0.25) is 4.90 Å². The maximum atomic E-state index is 12.9. The maximum Gasteiger partial charge on any atom is 0.421 e.